The molecule has 1 rings (SSSR count). The first kappa shape index (κ1) is 4.05. The van der Waals surface area contributed by atoms with Crippen molar-refractivity contribution in [1.82, 2.24) is 4.98 Å². The van der Waals surface area contributed by atoms with Gasteiger partial charge in [0.05, 0.1) is 6.26 Å². The zero-order valence-corrected chi connectivity index (χ0v) is 3.50. The summed E-state index contributed by atoms with van der Waals surface area (Å²) in [5, 5.41) is 0. The van der Waals surface area contributed by atoms with Crippen LogP contribution in [0.5, 0.6) is 0 Å². The maximum Gasteiger partial charge on any atom is 0.275 e. The summed E-state index contributed by atoms with van der Waals surface area (Å²) in [7, 11) is 0. The van der Waals surface area contributed by atoms with Crippen molar-refractivity contribution in [3.8, 4) is 0 Å². The first-order valence-corrected chi connectivity index (χ1v) is 1.78. The molecule has 0 radical (unpaired) electrons. The molecular weight excluding hydrogens is 94.0 g/mol. The largest absolute Gasteiger partial charge is 0.453 e. The Morgan fingerprint density at radius 3 is 2.86 bits per heavy atom. The van der Waals surface area contributed by atoms with Gasteiger partial charge in [-0.3, -0.25) is 4.79 Å². The molecular formula is C4H3NO2. The van der Waals surface area contributed by atoms with Gasteiger partial charge in [-0.05, 0) is 0 Å². The van der Waals surface area contributed by atoms with Gasteiger partial charge < -0.3 is 4.42 Å². The maximum absolute atomic E-state index is 10.1. The average Bonchev–Trinajstić information content (AvgIpc) is 1.69. The molecule has 0 atom stereocenters. The Balaban J connectivity index is 3.28. The van der Waals surface area contributed by atoms with Crippen molar-refractivity contribution < 1.29 is 4.42 Å². The summed E-state index contributed by atoms with van der Waals surface area (Å²) in [4.78, 5) is 13.4. The van der Waals surface area contributed by atoms with Gasteiger partial charge in [0.1, 0.15) is 0 Å². The number of hydrogen-bond acceptors (Lipinski definition) is 3. The van der Waals surface area contributed by atoms with E-state index >= 15 is 0 Å². The summed E-state index contributed by atoms with van der Waals surface area (Å²) in [5.74, 6) is 0. The molecule has 0 fully saturated rings. The molecule has 0 aliphatic rings. The second-order valence-corrected chi connectivity index (χ2v) is 1.01. The molecule has 0 saturated heterocycles. The van der Waals surface area contributed by atoms with Crippen molar-refractivity contribution in [2.75, 3.05) is 0 Å². The second kappa shape index (κ2) is 1.55. The van der Waals surface area contributed by atoms with Gasteiger partial charge in [0.2, 0.25) is 0 Å². The minimum absolute atomic E-state index is 0.272. The van der Waals surface area contributed by atoms with Gasteiger partial charge in [-0.1, -0.05) is 0 Å². The summed E-state index contributed by atoms with van der Waals surface area (Å²) < 4.78 is 4.45. The lowest BCUT2D eigenvalue weighted by atomic mass is 10.7. The highest BCUT2D eigenvalue weighted by Crippen LogP contribution is 1.66. The van der Waals surface area contributed by atoms with Crippen LogP contribution >= 0.6 is 0 Å². The van der Waals surface area contributed by atoms with E-state index in [1.807, 2.05) is 0 Å². The summed E-state index contributed by atoms with van der Waals surface area (Å²) in [5.41, 5.74) is -0.272. The van der Waals surface area contributed by atoms with Crippen LogP contribution in [0.1, 0.15) is 0 Å². The lowest BCUT2D eigenvalue weighted by Crippen LogP contribution is -1.98. The molecule has 0 bridgehead atoms. The highest BCUT2D eigenvalue weighted by atomic mass is 16.3. The van der Waals surface area contributed by atoms with Crippen molar-refractivity contribution >= 4 is 0 Å². The Morgan fingerprint density at radius 2 is 2.57 bits per heavy atom. The number of aromatic nitrogens is 1. The van der Waals surface area contributed by atoms with Gasteiger partial charge in [-0.2, -0.15) is 4.98 Å². The zero-order chi connectivity index (χ0) is 5.11. The fourth-order valence-electron chi connectivity index (χ4n) is 0.258. The van der Waals surface area contributed by atoms with Gasteiger partial charge in [0.15, 0.2) is 6.39 Å². The van der Waals surface area contributed by atoms with Crippen molar-refractivity contribution in [1.29, 1.82) is 0 Å². The molecule has 36 valence electrons. The molecule has 0 amide bonds. The highest BCUT2D eigenvalue weighted by Gasteiger charge is 1.73. The van der Waals surface area contributed by atoms with Crippen LogP contribution in [-0.4, -0.2) is 4.98 Å². The monoisotopic (exact) mass is 97.0 g/mol. The van der Waals surface area contributed by atoms with Crippen LogP contribution in [0, 0.1) is 0 Å². The standard InChI is InChI=1S/C4H3NO2/c6-4-1-2-7-3-5-4/h1-3H. The summed E-state index contributed by atoms with van der Waals surface area (Å²) in [6.07, 6.45) is 2.39. The van der Waals surface area contributed by atoms with Gasteiger partial charge in [-0.15, -0.1) is 0 Å². The van der Waals surface area contributed by atoms with E-state index < -0.39 is 0 Å². The SMILES string of the molecule is O=c1ccocn1. The fourth-order valence-corrected chi connectivity index (χ4v) is 0.258. The van der Waals surface area contributed by atoms with Crippen LogP contribution in [0.25, 0.3) is 0 Å². The fraction of sp³-hybridized carbons (Fsp3) is 0. The van der Waals surface area contributed by atoms with Crippen molar-refractivity contribution in [3.63, 3.8) is 0 Å². The summed E-state index contributed by atoms with van der Waals surface area (Å²) in [6.45, 7) is 0. The highest BCUT2D eigenvalue weighted by molar-refractivity contribution is 4.72. The van der Waals surface area contributed by atoms with Gasteiger partial charge >= 0.3 is 0 Å². The normalized spacial score (nSPS) is 8.57. The van der Waals surface area contributed by atoms with E-state index in [0.29, 0.717) is 0 Å². The summed E-state index contributed by atoms with van der Waals surface area (Å²) in [6, 6.07) is 1.25. The smallest absolute Gasteiger partial charge is 0.275 e. The van der Waals surface area contributed by atoms with Crippen molar-refractivity contribution in [2.24, 2.45) is 0 Å². The van der Waals surface area contributed by atoms with Crippen LogP contribution in [-0.2, 0) is 0 Å². The second-order valence-electron chi connectivity index (χ2n) is 1.01. The first-order valence-electron chi connectivity index (χ1n) is 1.78. The van der Waals surface area contributed by atoms with Crippen molar-refractivity contribution in [2.45, 2.75) is 0 Å². The number of hydrogen-bond donors (Lipinski definition) is 0. The molecule has 3 heteroatoms. The number of rotatable bonds is 0. The van der Waals surface area contributed by atoms with E-state index in [0.717, 1.165) is 6.39 Å². The molecule has 7 heavy (non-hydrogen) atoms. The molecule has 0 aromatic carbocycles. The van der Waals surface area contributed by atoms with Crippen molar-refractivity contribution in [3.05, 3.63) is 29.1 Å². The Kier molecular flexibility index (Phi) is 0.898. The minimum atomic E-state index is -0.272. The molecule has 0 unspecified atom stereocenters. The predicted octanol–water partition coefficient (Wildman–Crippen LogP) is 0.0348. The van der Waals surface area contributed by atoms with Gasteiger partial charge in [0.25, 0.3) is 5.56 Å². The maximum atomic E-state index is 10.1. The van der Waals surface area contributed by atoms with E-state index in [2.05, 4.69) is 9.40 Å². The molecule has 1 heterocycles. The van der Waals surface area contributed by atoms with E-state index in [-0.39, 0.29) is 5.56 Å². The first-order chi connectivity index (χ1) is 3.39. The molecule has 0 aliphatic carbocycles. The third-order valence-electron chi connectivity index (χ3n) is 0.530. The predicted molar refractivity (Wildman–Crippen MR) is 22.8 cm³/mol. The molecule has 1 aromatic rings. The average molecular weight is 97.1 g/mol. The Morgan fingerprint density at radius 1 is 1.71 bits per heavy atom. The lowest BCUT2D eigenvalue weighted by molar-refractivity contribution is 0.524. The number of nitrogens with zero attached hydrogens (tertiary/aromatic N) is 1. The van der Waals surface area contributed by atoms with Gasteiger partial charge in [-0.25, -0.2) is 0 Å². The molecule has 0 aliphatic heterocycles. The van der Waals surface area contributed by atoms with E-state index in [9.17, 15) is 4.79 Å². The third-order valence-corrected chi connectivity index (χ3v) is 0.530. The van der Waals surface area contributed by atoms with E-state index in [1.54, 1.807) is 0 Å². The van der Waals surface area contributed by atoms with Crippen LogP contribution in [0.15, 0.2) is 27.9 Å². The molecule has 0 saturated carbocycles. The Bertz CT molecular complexity index is 175. The lowest BCUT2D eigenvalue weighted by Gasteiger charge is -1.72. The molecule has 0 N–H and O–H groups in total. The Hall–Kier alpha value is -1.12. The van der Waals surface area contributed by atoms with Gasteiger partial charge in [0, 0.05) is 6.07 Å². The Labute approximate surface area is 39.6 Å². The minimum Gasteiger partial charge on any atom is -0.453 e. The van der Waals surface area contributed by atoms with E-state index in [1.165, 1.54) is 12.3 Å². The molecule has 0 spiro atoms. The quantitative estimate of drug-likeness (QED) is 0.459. The van der Waals surface area contributed by atoms with Crippen LogP contribution in [0.3, 0.4) is 0 Å². The third kappa shape index (κ3) is 0.855. The topological polar surface area (TPSA) is 43.1 Å². The van der Waals surface area contributed by atoms with E-state index in [4.69, 9.17) is 0 Å². The summed E-state index contributed by atoms with van der Waals surface area (Å²) >= 11 is 0. The van der Waals surface area contributed by atoms with Crippen LogP contribution in [0.4, 0.5) is 0 Å². The van der Waals surface area contributed by atoms with Crippen LogP contribution in [0.2, 0.25) is 0 Å². The molecule has 1 aromatic heterocycles. The zero-order valence-electron chi connectivity index (χ0n) is 3.50. The van der Waals surface area contributed by atoms with Crippen LogP contribution < -0.4 is 5.56 Å². The molecule has 3 nitrogen and oxygen atoms in total.